The number of likely N-dealkylation sites (N-methyl/N-ethyl adjacent to an activating group) is 1. The third kappa shape index (κ3) is 4.93. The van der Waals surface area contributed by atoms with Crippen molar-refractivity contribution in [3.8, 4) is 11.1 Å². The lowest BCUT2D eigenvalue weighted by atomic mass is 9.96. The predicted octanol–water partition coefficient (Wildman–Crippen LogP) is 3.09. The third-order valence-corrected chi connectivity index (χ3v) is 8.51. The van der Waals surface area contributed by atoms with Crippen LogP contribution in [0.4, 0.5) is 0 Å². The molecule has 8 nitrogen and oxygen atoms in total. The van der Waals surface area contributed by atoms with Crippen LogP contribution in [-0.2, 0) is 28.4 Å². The summed E-state index contributed by atoms with van der Waals surface area (Å²) in [7, 11) is 0.0180. The van der Waals surface area contributed by atoms with E-state index in [4.69, 9.17) is 4.74 Å². The van der Waals surface area contributed by atoms with Gasteiger partial charge in [-0.05, 0) is 24.1 Å². The van der Waals surface area contributed by atoms with Crippen LogP contribution < -0.4 is 0 Å². The highest BCUT2D eigenvalue weighted by Gasteiger charge is 2.34. The van der Waals surface area contributed by atoms with E-state index in [-0.39, 0.29) is 31.6 Å². The molecular formula is C27H35N3O5S. The summed E-state index contributed by atoms with van der Waals surface area (Å²) < 4.78 is 33.9. The van der Waals surface area contributed by atoms with Gasteiger partial charge in [0.2, 0.25) is 10.0 Å². The van der Waals surface area contributed by atoms with E-state index in [1.54, 1.807) is 4.90 Å². The lowest BCUT2D eigenvalue weighted by Gasteiger charge is -2.34. The van der Waals surface area contributed by atoms with Crippen molar-refractivity contribution < 1.29 is 23.1 Å². The molecule has 2 aromatic carbocycles. The maximum atomic E-state index is 14.2. The monoisotopic (exact) mass is 513 g/mol. The first kappa shape index (κ1) is 26.3. The second-order valence-electron chi connectivity index (χ2n) is 9.82. The van der Waals surface area contributed by atoms with E-state index < -0.39 is 22.2 Å². The van der Waals surface area contributed by atoms with Gasteiger partial charge in [0.1, 0.15) is 5.69 Å². The summed E-state index contributed by atoms with van der Waals surface area (Å²) in [5.41, 5.74) is 4.17. The highest BCUT2D eigenvalue weighted by atomic mass is 32.2. The molecule has 1 aromatic heterocycles. The minimum atomic E-state index is -3.41. The number of aromatic nitrogens is 1. The number of carbonyl (C=O) groups excluding carboxylic acids is 1. The number of nitrogens with zero attached hydrogens (tertiary/aromatic N) is 3. The number of hydrogen-bond donors (Lipinski definition) is 1. The first-order valence-corrected chi connectivity index (χ1v) is 14.0. The number of carbonyl (C=O) groups is 1. The SMILES string of the molecule is C[C@H]1CN([C@@H](C)CO)C(=O)c2c(c3ccccc3n2C)-c2ccccc2CO[C@H]1CN(C)S(C)(=O)=O. The lowest BCUT2D eigenvalue weighted by molar-refractivity contribution is -0.0146. The van der Waals surface area contributed by atoms with Gasteiger partial charge in [-0.2, -0.15) is 0 Å². The number of aliphatic hydroxyl groups is 1. The van der Waals surface area contributed by atoms with Gasteiger partial charge in [0, 0.05) is 49.6 Å². The quantitative estimate of drug-likeness (QED) is 0.566. The smallest absolute Gasteiger partial charge is 0.271 e. The number of aliphatic hydroxyl groups excluding tert-OH is 1. The molecule has 3 atom stereocenters. The van der Waals surface area contributed by atoms with Crippen molar-refractivity contribution in [1.82, 2.24) is 13.8 Å². The molecule has 2 heterocycles. The van der Waals surface area contributed by atoms with Gasteiger partial charge in [-0.1, -0.05) is 49.4 Å². The Kier molecular flexibility index (Phi) is 7.56. The van der Waals surface area contributed by atoms with Gasteiger partial charge >= 0.3 is 0 Å². The van der Waals surface area contributed by atoms with E-state index in [1.165, 1.54) is 17.6 Å². The average molecular weight is 514 g/mol. The first-order chi connectivity index (χ1) is 17.0. The molecule has 9 heteroatoms. The molecule has 1 aliphatic rings. The fourth-order valence-electron chi connectivity index (χ4n) is 4.91. The number of fused-ring (bicyclic) bond motifs is 5. The number of hydrogen-bond acceptors (Lipinski definition) is 5. The summed E-state index contributed by atoms with van der Waals surface area (Å²) in [5, 5.41) is 11.0. The molecule has 1 amide bonds. The molecule has 0 bridgehead atoms. The van der Waals surface area contributed by atoms with Gasteiger partial charge in [-0.15, -0.1) is 0 Å². The maximum Gasteiger partial charge on any atom is 0.271 e. The van der Waals surface area contributed by atoms with Crippen LogP contribution in [0.15, 0.2) is 48.5 Å². The molecule has 0 aliphatic carbocycles. The molecule has 0 fully saturated rings. The fraction of sp³-hybridized carbons (Fsp3) is 0.444. The minimum Gasteiger partial charge on any atom is -0.394 e. The van der Waals surface area contributed by atoms with E-state index in [0.717, 1.165) is 27.6 Å². The molecule has 0 unspecified atom stereocenters. The van der Waals surface area contributed by atoms with Crippen LogP contribution in [0.5, 0.6) is 0 Å². The van der Waals surface area contributed by atoms with Crippen molar-refractivity contribution >= 4 is 26.8 Å². The second-order valence-corrected chi connectivity index (χ2v) is 11.9. The molecule has 4 rings (SSSR count). The number of aryl methyl sites for hydroxylation is 1. The second kappa shape index (κ2) is 10.3. The molecule has 1 N–H and O–H groups in total. The van der Waals surface area contributed by atoms with Crippen LogP contribution in [0.1, 0.15) is 29.9 Å². The molecular weight excluding hydrogens is 478 g/mol. The van der Waals surface area contributed by atoms with E-state index in [1.807, 2.05) is 74.0 Å². The van der Waals surface area contributed by atoms with E-state index >= 15 is 0 Å². The largest absolute Gasteiger partial charge is 0.394 e. The molecule has 0 radical (unpaired) electrons. The average Bonchev–Trinajstić information content (AvgIpc) is 3.14. The summed E-state index contributed by atoms with van der Waals surface area (Å²) in [4.78, 5) is 15.9. The van der Waals surface area contributed by atoms with E-state index in [9.17, 15) is 18.3 Å². The standard InChI is InChI=1S/C27H35N3O5S/c1-18-14-30(19(2)16-31)27(32)26-25(22-12-8-9-13-23(22)29(26)4)21-11-7-6-10-20(21)17-35-24(18)15-28(3)36(5,33)34/h6-13,18-19,24,31H,14-17H2,1-5H3/t18-,19-,24-/m0/s1. The zero-order valence-electron chi connectivity index (χ0n) is 21.5. The van der Waals surface area contributed by atoms with Gasteiger partial charge in [-0.25, -0.2) is 12.7 Å². The van der Waals surface area contributed by atoms with Gasteiger partial charge in [0.15, 0.2) is 0 Å². The Labute approximate surface area is 213 Å². The molecule has 0 saturated carbocycles. The molecule has 194 valence electrons. The predicted molar refractivity (Wildman–Crippen MR) is 141 cm³/mol. The number of rotatable bonds is 5. The zero-order chi connectivity index (χ0) is 26.2. The lowest BCUT2D eigenvalue weighted by Crippen LogP contribution is -2.47. The molecule has 0 spiro atoms. The minimum absolute atomic E-state index is 0.160. The van der Waals surface area contributed by atoms with Crippen molar-refractivity contribution in [2.45, 2.75) is 32.6 Å². The number of ether oxygens (including phenoxy) is 1. The fourth-order valence-corrected chi connectivity index (χ4v) is 5.33. The van der Waals surface area contributed by atoms with Crippen LogP contribution in [-0.4, -0.2) is 78.3 Å². The topological polar surface area (TPSA) is 92.1 Å². The Morgan fingerprint density at radius 1 is 1.17 bits per heavy atom. The van der Waals surface area contributed by atoms with Crippen LogP contribution in [0, 0.1) is 5.92 Å². The van der Waals surface area contributed by atoms with E-state index in [0.29, 0.717) is 12.2 Å². The van der Waals surface area contributed by atoms with Crippen molar-refractivity contribution in [2.75, 3.05) is 33.0 Å². The molecule has 0 saturated heterocycles. The molecule has 36 heavy (non-hydrogen) atoms. The summed E-state index contributed by atoms with van der Waals surface area (Å²) in [5.74, 6) is -0.375. The highest BCUT2D eigenvalue weighted by molar-refractivity contribution is 7.88. The molecule has 3 aromatic rings. The summed E-state index contributed by atoms with van der Waals surface area (Å²) >= 11 is 0. The number of amides is 1. The van der Waals surface area contributed by atoms with E-state index in [2.05, 4.69) is 0 Å². The van der Waals surface area contributed by atoms with Crippen molar-refractivity contribution in [1.29, 1.82) is 0 Å². The van der Waals surface area contributed by atoms with Gasteiger partial charge in [0.05, 0.1) is 31.6 Å². The van der Waals surface area contributed by atoms with Gasteiger partial charge in [-0.3, -0.25) is 4.79 Å². The zero-order valence-corrected chi connectivity index (χ0v) is 22.3. The summed E-state index contributed by atoms with van der Waals surface area (Å²) in [6.45, 7) is 4.32. The molecule has 1 aliphatic heterocycles. The maximum absolute atomic E-state index is 14.2. The highest BCUT2D eigenvalue weighted by Crippen LogP contribution is 2.38. The normalized spacial score (nSPS) is 20.2. The van der Waals surface area contributed by atoms with Crippen molar-refractivity contribution in [3.05, 3.63) is 59.8 Å². The first-order valence-electron chi connectivity index (χ1n) is 12.1. The Morgan fingerprint density at radius 3 is 2.53 bits per heavy atom. The van der Waals surface area contributed by atoms with Crippen LogP contribution >= 0.6 is 0 Å². The summed E-state index contributed by atoms with van der Waals surface area (Å²) in [6.07, 6.45) is 0.709. The number of benzene rings is 2. The van der Waals surface area contributed by atoms with Crippen molar-refractivity contribution in [3.63, 3.8) is 0 Å². The van der Waals surface area contributed by atoms with Gasteiger partial charge < -0.3 is 19.3 Å². The van der Waals surface area contributed by atoms with Gasteiger partial charge in [0.25, 0.3) is 5.91 Å². The Hall–Kier alpha value is -2.72. The Balaban J connectivity index is 1.93. The van der Waals surface area contributed by atoms with Crippen LogP contribution in [0.2, 0.25) is 0 Å². The summed E-state index contributed by atoms with van der Waals surface area (Å²) in [6, 6.07) is 15.4. The van der Waals surface area contributed by atoms with Crippen LogP contribution in [0.25, 0.3) is 22.0 Å². The third-order valence-electron chi connectivity index (χ3n) is 7.23. The number of sulfonamides is 1. The van der Waals surface area contributed by atoms with Crippen molar-refractivity contribution in [2.24, 2.45) is 13.0 Å². The number of para-hydroxylation sites is 1. The Morgan fingerprint density at radius 2 is 1.83 bits per heavy atom. The van der Waals surface area contributed by atoms with Crippen LogP contribution in [0.3, 0.4) is 0 Å². The Bertz CT molecular complexity index is 1370.